The van der Waals surface area contributed by atoms with E-state index in [1.165, 1.54) is 44.6 Å². The molecule has 0 radical (unpaired) electrons. The molecule has 2 aromatic rings. The molecule has 2 heterocycles. The second-order valence-corrected chi connectivity index (χ2v) is 5.63. The molecule has 1 aliphatic rings. The lowest BCUT2D eigenvalue weighted by Crippen LogP contribution is -2.17. The quantitative estimate of drug-likeness (QED) is 0.910. The Balaban J connectivity index is 1.63. The van der Waals surface area contributed by atoms with Crippen molar-refractivity contribution in [2.24, 2.45) is 5.92 Å². The topological polar surface area (TPSA) is 64.4 Å². The third-order valence-electron chi connectivity index (χ3n) is 3.99. The van der Waals surface area contributed by atoms with Gasteiger partial charge in [0.2, 0.25) is 0 Å². The number of aromatic nitrogens is 1. The largest absolute Gasteiger partial charge is 0.489 e. The summed E-state index contributed by atoms with van der Waals surface area (Å²) in [6, 6.07) is 5.26. The number of hydrogen-bond acceptors (Lipinski definition) is 4. The Hall–Kier alpha value is -2.30. The molecule has 5 nitrogen and oxygen atoms in total. The van der Waals surface area contributed by atoms with Crippen LogP contribution in [0.2, 0.25) is 0 Å². The molecule has 2 aromatic heterocycles. The van der Waals surface area contributed by atoms with Gasteiger partial charge in [-0.2, -0.15) is 0 Å². The van der Waals surface area contributed by atoms with Crippen molar-refractivity contribution in [2.45, 2.75) is 32.1 Å². The molecule has 1 aliphatic carbocycles. The first-order chi connectivity index (χ1) is 10.8. The maximum absolute atomic E-state index is 12.1. The van der Waals surface area contributed by atoms with Crippen LogP contribution in [0.1, 0.15) is 42.5 Å². The van der Waals surface area contributed by atoms with E-state index < -0.39 is 0 Å². The lowest BCUT2D eigenvalue weighted by Gasteiger charge is -2.22. The highest BCUT2D eigenvalue weighted by Gasteiger charge is 2.16. The van der Waals surface area contributed by atoms with Gasteiger partial charge >= 0.3 is 0 Å². The van der Waals surface area contributed by atoms with Gasteiger partial charge in [-0.15, -0.1) is 0 Å². The molecule has 0 saturated heterocycles. The van der Waals surface area contributed by atoms with Crippen LogP contribution in [-0.2, 0) is 0 Å². The van der Waals surface area contributed by atoms with Gasteiger partial charge in [-0.3, -0.25) is 4.79 Å². The molecule has 0 bridgehead atoms. The van der Waals surface area contributed by atoms with Gasteiger partial charge in [0.15, 0.2) is 11.6 Å². The molecule has 22 heavy (non-hydrogen) atoms. The Morgan fingerprint density at radius 2 is 2.18 bits per heavy atom. The van der Waals surface area contributed by atoms with Crippen LogP contribution >= 0.6 is 0 Å². The Morgan fingerprint density at radius 1 is 1.32 bits per heavy atom. The van der Waals surface area contributed by atoms with Gasteiger partial charge in [-0.05, 0) is 37.0 Å². The van der Waals surface area contributed by atoms with Gasteiger partial charge in [-0.25, -0.2) is 4.98 Å². The number of amides is 1. The van der Waals surface area contributed by atoms with E-state index in [1.807, 2.05) is 12.1 Å². The molecule has 0 spiro atoms. The predicted molar refractivity (Wildman–Crippen MR) is 83.0 cm³/mol. The van der Waals surface area contributed by atoms with Gasteiger partial charge in [0.25, 0.3) is 5.91 Å². The van der Waals surface area contributed by atoms with Crippen LogP contribution in [0.3, 0.4) is 0 Å². The molecule has 0 aliphatic heterocycles. The van der Waals surface area contributed by atoms with Crippen molar-refractivity contribution in [3.63, 3.8) is 0 Å². The number of rotatable bonds is 5. The monoisotopic (exact) mass is 300 g/mol. The lowest BCUT2D eigenvalue weighted by molar-refractivity contribution is 0.102. The molecule has 0 atom stereocenters. The molecule has 1 saturated carbocycles. The maximum atomic E-state index is 12.1. The SMILES string of the molecule is O=C(Nc1ncccc1OCC1CCCCC1)c1ccoc1. The third-order valence-corrected chi connectivity index (χ3v) is 3.99. The van der Waals surface area contributed by atoms with E-state index in [2.05, 4.69) is 10.3 Å². The molecule has 1 fully saturated rings. The van der Waals surface area contributed by atoms with Gasteiger partial charge in [0, 0.05) is 6.20 Å². The number of nitrogens with zero attached hydrogens (tertiary/aromatic N) is 1. The first-order valence-corrected chi connectivity index (χ1v) is 7.74. The second kappa shape index (κ2) is 7.11. The van der Waals surface area contributed by atoms with Gasteiger partial charge in [-0.1, -0.05) is 19.3 Å². The average Bonchev–Trinajstić information content (AvgIpc) is 3.10. The number of pyridine rings is 1. The highest BCUT2D eigenvalue weighted by Crippen LogP contribution is 2.27. The van der Waals surface area contributed by atoms with E-state index in [1.54, 1.807) is 12.3 Å². The van der Waals surface area contributed by atoms with Crippen molar-refractivity contribution in [3.05, 3.63) is 42.5 Å². The van der Waals surface area contributed by atoms with Crippen LogP contribution in [-0.4, -0.2) is 17.5 Å². The van der Waals surface area contributed by atoms with Crippen molar-refractivity contribution < 1.29 is 13.9 Å². The van der Waals surface area contributed by atoms with E-state index in [9.17, 15) is 4.79 Å². The van der Waals surface area contributed by atoms with E-state index in [0.29, 0.717) is 29.7 Å². The van der Waals surface area contributed by atoms with Crippen LogP contribution in [0.25, 0.3) is 0 Å². The Kier molecular flexibility index (Phi) is 4.73. The second-order valence-electron chi connectivity index (χ2n) is 5.63. The number of nitrogens with one attached hydrogen (secondary N) is 1. The molecular weight excluding hydrogens is 280 g/mol. The minimum absolute atomic E-state index is 0.255. The summed E-state index contributed by atoms with van der Waals surface area (Å²) in [5, 5.41) is 2.77. The fraction of sp³-hybridized carbons (Fsp3) is 0.412. The van der Waals surface area contributed by atoms with Gasteiger partial charge in [0.1, 0.15) is 6.26 Å². The summed E-state index contributed by atoms with van der Waals surface area (Å²) < 4.78 is 10.8. The highest BCUT2D eigenvalue weighted by molar-refractivity contribution is 6.04. The van der Waals surface area contributed by atoms with E-state index in [0.717, 1.165) is 0 Å². The third kappa shape index (κ3) is 3.67. The summed E-state index contributed by atoms with van der Waals surface area (Å²) in [6.07, 6.45) is 10.8. The smallest absolute Gasteiger partial charge is 0.260 e. The number of hydrogen-bond donors (Lipinski definition) is 1. The van der Waals surface area contributed by atoms with E-state index in [4.69, 9.17) is 9.15 Å². The highest BCUT2D eigenvalue weighted by atomic mass is 16.5. The molecule has 5 heteroatoms. The van der Waals surface area contributed by atoms with E-state index >= 15 is 0 Å². The summed E-state index contributed by atoms with van der Waals surface area (Å²) in [5.74, 6) is 1.41. The molecular formula is C17H20N2O3. The van der Waals surface area contributed by atoms with Crippen LogP contribution in [0.4, 0.5) is 5.82 Å². The minimum atomic E-state index is -0.255. The normalized spacial score (nSPS) is 15.5. The Bertz CT molecular complexity index is 604. The van der Waals surface area contributed by atoms with E-state index in [-0.39, 0.29) is 5.91 Å². The van der Waals surface area contributed by atoms with Crippen LogP contribution < -0.4 is 10.1 Å². The summed E-state index contributed by atoms with van der Waals surface area (Å²) >= 11 is 0. The van der Waals surface area contributed by atoms with Crippen molar-refractivity contribution in [3.8, 4) is 5.75 Å². The van der Waals surface area contributed by atoms with Crippen molar-refractivity contribution in [2.75, 3.05) is 11.9 Å². The fourth-order valence-corrected chi connectivity index (χ4v) is 2.74. The first-order valence-electron chi connectivity index (χ1n) is 7.74. The zero-order valence-electron chi connectivity index (χ0n) is 12.5. The number of anilines is 1. The Labute approximate surface area is 129 Å². The summed E-state index contributed by atoms with van der Waals surface area (Å²) in [4.78, 5) is 16.3. The van der Waals surface area contributed by atoms with Crippen LogP contribution in [0.5, 0.6) is 5.75 Å². The van der Waals surface area contributed by atoms with Gasteiger partial charge < -0.3 is 14.5 Å². The standard InChI is InChI=1S/C17H20N2O3/c20-17(14-8-10-21-12-14)19-16-15(7-4-9-18-16)22-11-13-5-2-1-3-6-13/h4,7-10,12-13H,1-3,5-6,11H2,(H,18,19,20). The number of carbonyl (C=O) groups excluding carboxylic acids is 1. The van der Waals surface area contributed by atoms with Gasteiger partial charge in [0.05, 0.1) is 18.4 Å². The molecule has 0 unspecified atom stereocenters. The zero-order chi connectivity index (χ0) is 15.2. The molecule has 1 amide bonds. The van der Waals surface area contributed by atoms with Crippen molar-refractivity contribution >= 4 is 11.7 Å². The Morgan fingerprint density at radius 3 is 2.95 bits per heavy atom. The number of ether oxygens (including phenoxy) is 1. The number of carbonyl (C=O) groups is 1. The summed E-state index contributed by atoms with van der Waals surface area (Å²) in [7, 11) is 0. The molecule has 1 N–H and O–H groups in total. The maximum Gasteiger partial charge on any atom is 0.260 e. The first kappa shape index (κ1) is 14.6. The van der Waals surface area contributed by atoms with Crippen molar-refractivity contribution in [1.82, 2.24) is 4.98 Å². The minimum Gasteiger partial charge on any atom is -0.489 e. The number of furan rings is 1. The average molecular weight is 300 g/mol. The predicted octanol–water partition coefficient (Wildman–Crippen LogP) is 3.89. The lowest BCUT2D eigenvalue weighted by atomic mass is 9.90. The molecule has 0 aromatic carbocycles. The van der Waals surface area contributed by atoms with Crippen LogP contribution in [0.15, 0.2) is 41.3 Å². The van der Waals surface area contributed by atoms with Crippen molar-refractivity contribution in [1.29, 1.82) is 0 Å². The molecule has 116 valence electrons. The fourth-order valence-electron chi connectivity index (χ4n) is 2.74. The summed E-state index contributed by atoms with van der Waals surface area (Å²) in [5.41, 5.74) is 0.462. The molecule has 3 rings (SSSR count). The van der Waals surface area contributed by atoms with Crippen LogP contribution in [0, 0.1) is 5.92 Å². The zero-order valence-corrected chi connectivity index (χ0v) is 12.5. The summed E-state index contributed by atoms with van der Waals surface area (Å²) in [6.45, 7) is 0.681.